The molecule has 20 heavy (non-hydrogen) atoms. The molecule has 0 spiro atoms. The van der Waals surface area contributed by atoms with Gasteiger partial charge in [-0.1, -0.05) is 15.9 Å². The molecule has 2 rings (SSSR count). The maximum Gasteiger partial charge on any atom is 0.274 e. The Balaban J connectivity index is 2.18. The van der Waals surface area contributed by atoms with E-state index in [2.05, 4.69) is 31.5 Å². The number of pyridine rings is 1. The maximum atomic E-state index is 12.1. The van der Waals surface area contributed by atoms with Crippen LogP contribution in [0.4, 0.5) is 11.4 Å². The van der Waals surface area contributed by atoms with Crippen molar-refractivity contribution in [2.75, 3.05) is 17.7 Å². The van der Waals surface area contributed by atoms with Crippen LogP contribution in [0.3, 0.4) is 0 Å². The summed E-state index contributed by atoms with van der Waals surface area (Å²) in [6.45, 7) is 3.99. The molecule has 2 aromatic rings. The van der Waals surface area contributed by atoms with Crippen molar-refractivity contribution in [3.63, 3.8) is 0 Å². The Kier molecular flexibility index (Phi) is 4.39. The van der Waals surface area contributed by atoms with Crippen molar-refractivity contribution in [2.45, 2.75) is 13.8 Å². The smallest absolute Gasteiger partial charge is 0.274 e. The van der Waals surface area contributed by atoms with Crippen LogP contribution in [0, 0.1) is 13.8 Å². The molecule has 4 nitrogen and oxygen atoms in total. The molecular weight excluding hydrogens is 318 g/mol. The van der Waals surface area contributed by atoms with Crippen LogP contribution in [0.5, 0.6) is 0 Å². The molecule has 0 aliphatic carbocycles. The molecule has 0 aliphatic heterocycles. The summed E-state index contributed by atoms with van der Waals surface area (Å²) in [6.07, 6.45) is 1.63. The number of aromatic nitrogens is 1. The zero-order valence-corrected chi connectivity index (χ0v) is 13.2. The quantitative estimate of drug-likeness (QED) is 0.899. The first kappa shape index (κ1) is 14.5. The molecule has 2 N–H and O–H groups in total. The van der Waals surface area contributed by atoms with E-state index in [9.17, 15) is 4.79 Å². The zero-order chi connectivity index (χ0) is 14.7. The highest BCUT2D eigenvalue weighted by molar-refractivity contribution is 9.10. The van der Waals surface area contributed by atoms with Gasteiger partial charge in [0.25, 0.3) is 5.91 Å². The van der Waals surface area contributed by atoms with E-state index in [0.29, 0.717) is 5.69 Å². The molecule has 1 amide bonds. The Labute approximate surface area is 126 Å². The number of halogens is 1. The molecule has 0 saturated carbocycles. The highest BCUT2D eigenvalue weighted by atomic mass is 79.9. The van der Waals surface area contributed by atoms with Crippen molar-refractivity contribution in [2.24, 2.45) is 0 Å². The molecule has 0 saturated heterocycles. The Morgan fingerprint density at radius 3 is 2.30 bits per heavy atom. The number of carbonyl (C=O) groups is 1. The van der Waals surface area contributed by atoms with Gasteiger partial charge in [-0.3, -0.25) is 4.79 Å². The number of anilines is 2. The highest BCUT2D eigenvalue weighted by Gasteiger charge is 2.09. The number of amides is 1. The lowest BCUT2D eigenvalue weighted by molar-refractivity contribution is 0.102. The van der Waals surface area contributed by atoms with Gasteiger partial charge in [-0.15, -0.1) is 0 Å². The number of benzene rings is 1. The van der Waals surface area contributed by atoms with Crippen molar-refractivity contribution in [3.8, 4) is 0 Å². The van der Waals surface area contributed by atoms with Crippen LogP contribution in [-0.2, 0) is 0 Å². The molecule has 0 aliphatic rings. The molecular formula is C15H16BrN3O. The molecule has 0 atom stereocenters. The fourth-order valence-electron chi connectivity index (χ4n) is 1.89. The minimum atomic E-state index is -0.214. The first-order valence-corrected chi connectivity index (χ1v) is 7.02. The largest absolute Gasteiger partial charge is 0.387 e. The number of carbonyl (C=O) groups excluding carboxylic acids is 1. The molecule has 5 heteroatoms. The summed E-state index contributed by atoms with van der Waals surface area (Å²) in [5.74, 6) is -0.214. The number of aryl methyl sites for hydroxylation is 2. The lowest BCUT2D eigenvalue weighted by atomic mass is 10.1. The van der Waals surface area contributed by atoms with Gasteiger partial charge in [-0.05, 0) is 49.2 Å². The van der Waals surface area contributed by atoms with Crippen molar-refractivity contribution >= 4 is 33.2 Å². The third kappa shape index (κ3) is 3.17. The average molecular weight is 334 g/mol. The Morgan fingerprint density at radius 2 is 1.80 bits per heavy atom. The second kappa shape index (κ2) is 6.05. The molecule has 0 unspecified atom stereocenters. The van der Waals surface area contributed by atoms with E-state index in [1.807, 2.05) is 39.1 Å². The van der Waals surface area contributed by atoms with Gasteiger partial charge in [0.1, 0.15) is 5.69 Å². The summed E-state index contributed by atoms with van der Waals surface area (Å²) in [7, 11) is 1.81. The van der Waals surface area contributed by atoms with Crippen molar-refractivity contribution in [1.29, 1.82) is 0 Å². The van der Waals surface area contributed by atoms with Crippen LogP contribution in [0.2, 0.25) is 0 Å². The molecule has 1 aromatic carbocycles. The van der Waals surface area contributed by atoms with Gasteiger partial charge in [0.2, 0.25) is 0 Å². The zero-order valence-electron chi connectivity index (χ0n) is 11.6. The summed E-state index contributed by atoms with van der Waals surface area (Å²) >= 11 is 3.51. The van der Waals surface area contributed by atoms with Crippen LogP contribution < -0.4 is 10.6 Å². The van der Waals surface area contributed by atoms with Gasteiger partial charge >= 0.3 is 0 Å². The Bertz CT molecular complexity index is 615. The summed E-state index contributed by atoms with van der Waals surface area (Å²) in [5, 5.41) is 5.83. The normalized spacial score (nSPS) is 10.2. The van der Waals surface area contributed by atoms with E-state index in [4.69, 9.17) is 0 Å². The minimum absolute atomic E-state index is 0.214. The van der Waals surface area contributed by atoms with Gasteiger partial charge in [-0.25, -0.2) is 4.98 Å². The predicted molar refractivity (Wildman–Crippen MR) is 85.4 cm³/mol. The SMILES string of the molecule is CNc1ccc(C(=O)Nc2cc(C)c(Br)c(C)c2)nc1. The van der Waals surface area contributed by atoms with Gasteiger partial charge in [0, 0.05) is 17.2 Å². The van der Waals surface area contributed by atoms with Gasteiger partial charge in [0.15, 0.2) is 0 Å². The second-order valence-electron chi connectivity index (χ2n) is 4.56. The van der Waals surface area contributed by atoms with Crippen molar-refractivity contribution in [3.05, 3.63) is 51.8 Å². The van der Waals surface area contributed by atoms with E-state index in [1.54, 1.807) is 12.3 Å². The van der Waals surface area contributed by atoms with Crippen LogP contribution in [0.25, 0.3) is 0 Å². The molecule has 1 aromatic heterocycles. The topological polar surface area (TPSA) is 54.0 Å². The fourth-order valence-corrected chi connectivity index (χ4v) is 2.12. The molecule has 0 radical (unpaired) electrons. The minimum Gasteiger partial charge on any atom is -0.387 e. The number of hydrogen-bond acceptors (Lipinski definition) is 3. The summed E-state index contributed by atoms with van der Waals surface area (Å²) in [6, 6.07) is 7.37. The highest BCUT2D eigenvalue weighted by Crippen LogP contribution is 2.25. The predicted octanol–water partition coefficient (Wildman–Crippen LogP) is 3.75. The van der Waals surface area contributed by atoms with Crippen LogP contribution in [0.1, 0.15) is 21.6 Å². The molecule has 1 heterocycles. The van der Waals surface area contributed by atoms with E-state index in [-0.39, 0.29) is 5.91 Å². The van der Waals surface area contributed by atoms with E-state index < -0.39 is 0 Å². The first-order chi connectivity index (χ1) is 9.51. The summed E-state index contributed by atoms with van der Waals surface area (Å²) in [4.78, 5) is 16.2. The van der Waals surface area contributed by atoms with E-state index in [1.165, 1.54) is 0 Å². The third-order valence-corrected chi connectivity index (χ3v) is 4.23. The van der Waals surface area contributed by atoms with Gasteiger partial charge < -0.3 is 10.6 Å². The summed E-state index contributed by atoms with van der Waals surface area (Å²) < 4.78 is 1.06. The van der Waals surface area contributed by atoms with E-state index in [0.717, 1.165) is 27.0 Å². The first-order valence-electron chi connectivity index (χ1n) is 6.23. The monoisotopic (exact) mass is 333 g/mol. The molecule has 0 bridgehead atoms. The Morgan fingerprint density at radius 1 is 1.15 bits per heavy atom. The van der Waals surface area contributed by atoms with Crippen molar-refractivity contribution < 1.29 is 4.79 Å². The van der Waals surface area contributed by atoms with E-state index >= 15 is 0 Å². The number of hydrogen-bond donors (Lipinski definition) is 2. The molecule has 0 fully saturated rings. The number of nitrogens with zero attached hydrogens (tertiary/aromatic N) is 1. The standard InChI is InChI=1S/C15H16BrN3O/c1-9-6-12(7-10(2)14(9)16)19-15(20)13-5-4-11(17-3)8-18-13/h4-8,17H,1-3H3,(H,19,20). The van der Waals surface area contributed by atoms with Crippen LogP contribution in [0.15, 0.2) is 34.9 Å². The van der Waals surface area contributed by atoms with Crippen LogP contribution >= 0.6 is 15.9 Å². The van der Waals surface area contributed by atoms with Gasteiger partial charge in [0.05, 0.1) is 11.9 Å². The maximum absolute atomic E-state index is 12.1. The lowest BCUT2D eigenvalue weighted by Crippen LogP contribution is -2.14. The lowest BCUT2D eigenvalue weighted by Gasteiger charge is -2.09. The second-order valence-corrected chi connectivity index (χ2v) is 5.35. The number of rotatable bonds is 3. The van der Waals surface area contributed by atoms with Gasteiger partial charge in [-0.2, -0.15) is 0 Å². The van der Waals surface area contributed by atoms with Crippen LogP contribution in [-0.4, -0.2) is 17.9 Å². The van der Waals surface area contributed by atoms with Crippen molar-refractivity contribution in [1.82, 2.24) is 4.98 Å². The summed E-state index contributed by atoms with van der Waals surface area (Å²) in [5.41, 5.74) is 4.20. The fraction of sp³-hybridized carbons (Fsp3) is 0.200. The number of nitrogens with one attached hydrogen (secondary N) is 2. The molecule has 104 valence electrons. The average Bonchev–Trinajstić information content (AvgIpc) is 2.44. The third-order valence-electron chi connectivity index (χ3n) is 2.98. The Hall–Kier alpha value is -1.88.